The average molecular weight is 391 g/mol. The number of aromatic nitrogens is 3. The Morgan fingerprint density at radius 3 is 3.11 bits per heavy atom. The summed E-state index contributed by atoms with van der Waals surface area (Å²) >= 11 is 0. The third kappa shape index (κ3) is 3.84. The van der Waals surface area contributed by atoms with Gasteiger partial charge in [0.15, 0.2) is 11.4 Å². The fourth-order valence-corrected chi connectivity index (χ4v) is 3.10. The molecule has 1 aliphatic rings. The molecule has 3 rings (SSSR count). The van der Waals surface area contributed by atoms with Crippen molar-refractivity contribution in [1.82, 2.24) is 14.6 Å². The number of nitrogen functional groups attached to an aromatic ring is 1. The van der Waals surface area contributed by atoms with Gasteiger partial charge in [-0.3, -0.25) is 0 Å². The molecule has 0 unspecified atom stereocenters. The Morgan fingerprint density at radius 2 is 2.39 bits per heavy atom. The van der Waals surface area contributed by atoms with Crippen molar-refractivity contribution in [2.45, 2.75) is 37.3 Å². The van der Waals surface area contributed by atoms with Gasteiger partial charge in [-0.25, -0.2) is 14.3 Å². The Kier molecular flexibility index (Phi) is 5.64. The fourth-order valence-electron chi connectivity index (χ4n) is 3.10. The minimum absolute atomic E-state index is 0.0527. The molecule has 0 spiro atoms. The van der Waals surface area contributed by atoms with Crippen molar-refractivity contribution in [3.8, 4) is 6.07 Å². The number of nitriles is 1. The number of hydrogen-bond acceptors (Lipinski definition) is 10. The Bertz CT molecular complexity index is 896. The van der Waals surface area contributed by atoms with E-state index in [0.717, 1.165) is 0 Å². The van der Waals surface area contributed by atoms with Gasteiger partial charge in [0.25, 0.3) is 0 Å². The zero-order valence-electron chi connectivity index (χ0n) is 15.4. The average Bonchev–Trinajstić information content (AvgIpc) is 3.22. The van der Waals surface area contributed by atoms with Gasteiger partial charge in [0.05, 0.1) is 18.4 Å². The maximum Gasteiger partial charge on any atom is 0.508 e. The predicted octanol–water partition coefficient (Wildman–Crippen LogP) is 0.584. The first-order valence-electron chi connectivity index (χ1n) is 8.56. The molecule has 11 nitrogen and oxygen atoms in total. The molecular weight excluding hydrogens is 370 g/mol. The van der Waals surface area contributed by atoms with Crippen LogP contribution in [0.5, 0.6) is 0 Å². The van der Waals surface area contributed by atoms with Crippen molar-refractivity contribution < 1.29 is 28.8 Å². The lowest BCUT2D eigenvalue weighted by molar-refractivity contribution is -0.0694. The summed E-state index contributed by atoms with van der Waals surface area (Å²) in [5, 5.41) is 24.2. The molecule has 11 heteroatoms. The van der Waals surface area contributed by atoms with E-state index >= 15 is 0 Å². The molecule has 150 valence electrons. The van der Waals surface area contributed by atoms with Crippen molar-refractivity contribution in [2.24, 2.45) is 0 Å². The van der Waals surface area contributed by atoms with Crippen LogP contribution in [-0.4, -0.2) is 64.0 Å². The van der Waals surface area contributed by atoms with Crippen LogP contribution in [0.4, 0.5) is 10.6 Å². The number of aliphatic hydroxyl groups is 1. The second-order valence-corrected chi connectivity index (χ2v) is 6.54. The third-order valence-electron chi connectivity index (χ3n) is 4.37. The SMILES string of the molecule is COC[C@@H](C)OC(=O)OC[C@]1(C#N)C[C@@H](O)[C@H](c2ccc3c(N)ncnn23)O1. The number of anilines is 1. The molecule has 28 heavy (non-hydrogen) atoms. The van der Waals surface area contributed by atoms with Crippen LogP contribution < -0.4 is 5.73 Å². The number of aliphatic hydroxyl groups excluding tert-OH is 1. The van der Waals surface area contributed by atoms with Crippen LogP contribution in [0.3, 0.4) is 0 Å². The van der Waals surface area contributed by atoms with Crippen LogP contribution >= 0.6 is 0 Å². The van der Waals surface area contributed by atoms with Gasteiger partial charge < -0.3 is 29.8 Å². The smallest absolute Gasteiger partial charge is 0.430 e. The van der Waals surface area contributed by atoms with E-state index in [2.05, 4.69) is 10.1 Å². The number of carbonyl (C=O) groups excluding carboxylic acids is 1. The van der Waals surface area contributed by atoms with Crippen LogP contribution in [0, 0.1) is 11.3 Å². The molecule has 4 atom stereocenters. The first kappa shape index (κ1) is 19.8. The molecule has 0 bridgehead atoms. The molecule has 1 saturated heterocycles. The molecule has 1 fully saturated rings. The first-order valence-corrected chi connectivity index (χ1v) is 8.56. The quantitative estimate of drug-likeness (QED) is 0.668. The number of nitrogens with zero attached hydrogens (tertiary/aromatic N) is 4. The van der Waals surface area contributed by atoms with Crippen molar-refractivity contribution in [3.05, 3.63) is 24.2 Å². The molecule has 0 amide bonds. The fraction of sp³-hybridized carbons (Fsp3) is 0.529. The minimum Gasteiger partial charge on any atom is -0.430 e. The molecule has 0 radical (unpaired) electrons. The van der Waals surface area contributed by atoms with Crippen molar-refractivity contribution >= 4 is 17.5 Å². The van der Waals surface area contributed by atoms with E-state index in [1.54, 1.807) is 19.1 Å². The summed E-state index contributed by atoms with van der Waals surface area (Å²) in [6, 6.07) is 5.36. The van der Waals surface area contributed by atoms with Gasteiger partial charge in [-0.1, -0.05) is 0 Å². The largest absolute Gasteiger partial charge is 0.508 e. The number of methoxy groups -OCH3 is 1. The van der Waals surface area contributed by atoms with Crippen molar-refractivity contribution in [3.63, 3.8) is 0 Å². The van der Waals surface area contributed by atoms with Crippen LogP contribution in [0.1, 0.15) is 25.1 Å². The summed E-state index contributed by atoms with van der Waals surface area (Å²) in [5.74, 6) is 0.275. The van der Waals surface area contributed by atoms with Gasteiger partial charge in [0, 0.05) is 13.5 Å². The van der Waals surface area contributed by atoms with Gasteiger partial charge in [0.2, 0.25) is 0 Å². The number of hydrogen-bond donors (Lipinski definition) is 2. The van der Waals surface area contributed by atoms with E-state index in [1.165, 1.54) is 18.0 Å². The summed E-state index contributed by atoms with van der Waals surface area (Å²) in [5.41, 5.74) is 5.35. The molecule has 1 aliphatic heterocycles. The Morgan fingerprint density at radius 1 is 1.61 bits per heavy atom. The van der Waals surface area contributed by atoms with E-state index in [4.69, 9.17) is 24.7 Å². The highest BCUT2D eigenvalue weighted by molar-refractivity contribution is 5.65. The summed E-state index contributed by atoms with van der Waals surface area (Å²) in [6.45, 7) is 1.46. The maximum atomic E-state index is 11.8. The van der Waals surface area contributed by atoms with E-state index < -0.39 is 36.7 Å². The summed E-state index contributed by atoms with van der Waals surface area (Å²) in [4.78, 5) is 15.7. The van der Waals surface area contributed by atoms with Crippen molar-refractivity contribution in [1.29, 1.82) is 5.26 Å². The molecule has 0 saturated carbocycles. The van der Waals surface area contributed by atoms with Crippen LogP contribution in [0.2, 0.25) is 0 Å². The summed E-state index contributed by atoms with van der Waals surface area (Å²) in [6.07, 6.45) is -2.09. The highest BCUT2D eigenvalue weighted by Gasteiger charge is 2.49. The molecule has 0 aliphatic carbocycles. The highest BCUT2D eigenvalue weighted by atomic mass is 16.7. The lowest BCUT2D eigenvalue weighted by atomic mass is 10.0. The van der Waals surface area contributed by atoms with Gasteiger partial charge in [0.1, 0.15) is 36.7 Å². The molecule has 3 N–H and O–H groups in total. The molecule has 0 aromatic carbocycles. The molecule has 3 heterocycles. The number of carbonyl (C=O) groups is 1. The third-order valence-corrected chi connectivity index (χ3v) is 4.37. The monoisotopic (exact) mass is 391 g/mol. The second-order valence-electron chi connectivity index (χ2n) is 6.54. The molecule has 2 aromatic rings. The second kappa shape index (κ2) is 7.97. The number of fused-ring (bicyclic) bond motifs is 1. The summed E-state index contributed by atoms with van der Waals surface area (Å²) in [7, 11) is 1.48. The maximum absolute atomic E-state index is 11.8. The first-order chi connectivity index (χ1) is 13.4. The van der Waals surface area contributed by atoms with Crippen LogP contribution in [-0.2, 0) is 18.9 Å². The van der Waals surface area contributed by atoms with E-state index in [-0.39, 0.29) is 18.8 Å². The summed E-state index contributed by atoms with van der Waals surface area (Å²) < 4.78 is 22.2. The Balaban J connectivity index is 1.72. The zero-order chi connectivity index (χ0) is 20.3. The lowest BCUT2D eigenvalue weighted by Gasteiger charge is -2.21. The standard InChI is InChI=1S/C17H21N5O6/c1-10(6-25-2)27-16(24)26-8-17(7-18)5-13(23)14(28-17)11-3-4-12-15(19)20-9-21-22(11)12/h3-4,9-10,13-14,23H,5-6,8H2,1-2H3,(H2,19,20,21)/t10-,13-,14+,17-/m1/s1. The zero-order valence-corrected chi connectivity index (χ0v) is 15.4. The van der Waals surface area contributed by atoms with Crippen LogP contribution in [0.25, 0.3) is 5.52 Å². The van der Waals surface area contributed by atoms with Crippen molar-refractivity contribution in [2.75, 3.05) is 26.1 Å². The van der Waals surface area contributed by atoms with Gasteiger partial charge >= 0.3 is 6.16 Å². The number of ether oxygens (including phenoxy) is 4. The topological polar surface area (TPSA) is 154 Å². The Labute approximate surface area is 160 Å². The predicted molar refractivity (Wildman–Crippen MR) is 94.0 cm³/mol. The number of nitrogens with two attached hydrogens (primary N) is 1. The van der Waals surface area contributed by atoms with Gasteiger partial charge in [-0.15, -0.1) is 0 Å². The normalized spacial score (nSPS) is 25.4. The highest BCUT2D eigenvalue weighted by Crippen LogP contribution is 2.40. The Hall–Kier alpha value is -2.94. The lowest BCUT2D eigenvalue weighted by Crippen LogP contribution is -2.34. The van der Waals surface area contributed by atoms with E-state index in [0.29, 0.717) is 11.2 Å². The number of rotatable bonds is 6. The molecular formula is C17H21N5O6. The molecule has 2 aromatic heterocycles. The van der Waals surface area contributed by atoms with Gasteiger partial charge in [-0.2, -0.15) is 10.4 Å². The van der Waals surface area contributed by atoms with Crippen LogP contribution in [0.15, 0.2) is 18.5 Å². The van der Waals surface area contributed by atoms with E-state index in [9.17, 15) is 15.2 Å². The van der Waals surface area contributed by atoms with Gasteiger partial charge in [-0.05, 0) is 19.1 Å². The minimum atomic E-state index is -1.52. The van der Waals surface area contributed by atoms with E-state index in [1.807, 2.05) is 6.07 Å².